The second kappa shape index (κ2) is 9.31. The summed E-state index contributed by atoms with van der Waals surface area (Å²) in [5, 5.41) is 0. The number of sulfonamides is 1. The lowest BCUT2D eigenvalue weighted by molar-refractivity contribution is -0.137. The van der Waals surface area contributed by atoms with Crippen LogP contribution in [-0.2, 0) is 16.2 Å². The number of hydrogen-bond donors (Lipinski definition) is 0. The molecule has 1 aliphatic carbocycles. The molecule has 8 heteroatoms. The molecule has 0 spiro atoms. The molecule has 1 aromatic carbocycles. The van der Waals surface area contributed by atoms with Gasteiger partial charge in [-0.3, -0.25) is 0 Å². The van der Waals surface area contributed by atoms with Crippen LogP contribution in [-0.4, -0.2) is 31.7 Å². The summed E-state index contributed by atoms with van der Waals surface area (Å²) in [5.74, 6) is 7.19. The van der Waals surface area contributed by atoms with Crippen molar-refractivity contribution in [2.45, 2.75) is 55.6 Å². The van der Waals surface area contributed by atoms with E-state index < -0.39 is 21.8 Å². The van der Waals surface area contributed by atoms with Gasteiger partial charge in [0.25, 0.3) is 0 Å². The van der Waals surface area contributed by atoms with E-state index in [-0.39, 0.29) is 16.9 Å². The third-order valence-electron chi connectivity index (χ3n) is 4.81. The smallest absolute Gasteiger partial charge is 0.207 e. The zero-order valence-corrected chi connectivity index (χ0v) is 16.7. The maximum absolute atomic E-state index is 12.7. The van der Waals surface area contributed by atoms with Crippen LogP contribution < -0.4 is 0 Å². The van der Waals surface area contributed by atoms with Crippen LogP contribution in [0.4, 0.5) is 13.2 Å². The van der Waals surface area contributed by atoms with E-state index >= 15 is 0 Å². The van der Waals surface area contributed by atoms with Crippen LogP contribution in [0.2, 0.25) is 0 Å². The molecule has 0 amide bonds. The Morgan fingerprint density at radius 3 is 2.26 bits per heavy atom. The molecule has 0 saturated heterocycles. The molecule has 0 N–H and O–H groups in total. The van der Waals surface area contributed by atoms with Gasteiger partial charge in [-0.25, -0.2) is 8.42 Å². The Labute approximate surface area is 163 Å². The molecule has 0 radical (unpaired) electrons. The topological polar surface area (TPSA) is 37.4 Å². The van der Waals surface area contributed by atoms with Crippen molar-refractivity contribution in [1.82, 2.24) is 4.31 Å². The highest BCUT2D eigenvalue weighted by Crippen LogP contribution is 2.32. The minimum Gasteiger partial charge on any atom is -0.207 e. The Balaban J connectivity index is 2.00. The molecule has 150 valence electrons. The molecule has 0 bridgehead atoms. The third-order valence-corrected chi connectivity index (χ3v) is 7.00. The first-order chi connectivity index (χ1) is 12.7. The molecule has 0 heterocycles. The van der Waals surface area contributed by atoms with Gasteiger partial charge < -0.3 is 0 Å². The molecule has 0 aromatic heterocycles. The lowest BCUT2D eigenvalue weighted by atomic mass is 9.86. The number of unbranched alkanes of at least 4 members (excludes halogenated alkanes) is 1. The van der Waals surface area contributed by atoms with Gasteiger partial charge in [0, 0.05) is 31.3 Å². The fraction of sp³-hybridized carbons (Fsp3) is 0.579. The van der Waals surface area contributed by atoms with Gasteiger partial charge in [-0.1, -0.05) is 5.92 Å². The van der Waals surface area contributed by atoms with E-state index in [2.05, 4.69) is 11.8 Å². The molecule has 3 nitrogen and oxygen atoms in total. The SMILES string of the molecule is CN([C@H]1CC[C@H](C#CCCCCl)CC1)S(=O)(=O)c1ccc(C(F)(F)F)cc1. The first-order valence-electron chi connectivity index (χ1n) is 8.86. The lowest BCUT2D eigenvalue weighted by Gasteiger charge is -2.32. The van der Waals surface area contributed by atoms with Crippen LogP contribution in [0.15, 0.2) is 29.2 Å². The summed E-state index contributed by atoms with van der Waals surface area (Å²) < 4.78 is 64.7. The van der Waals surface area contributed by atoms with E-state index in [0.717, 1.165) is 49.9 Å². The Kier molecular flexibility index (Phi) is 7.61. The first kappa shape index (κ1) is 22.1. The van der Waals surface area contributed by atoms with Gasteiger partial charge in [-0.2, -0.15) is 17.5 Å². The minimum atomic E-state index is -4.49. The second-order valence-electron chi connectivity index (χ2n) is 6.66. The van der Waals surface area contributed by atoms with Gasteiger partial charge in [0.2, 0.25) is 10.0 Å². The number of alkyl halides is 4. The van der Waals surface area contributed by atoms with Gasteiger partial charge in [0.05, 0.1) is 10.5 Å². The van der Waals surface area contributed by atoms with Gasteiger partial charge in [-0.05, 0) is 56.4 Å². The fourth-order valence-electron chi connectivity index (χ4n) is 3.13. The first-order valence-corrected chi connectivity index (χ1v) is 10.8. The predicted molar refractivity (Wildman–Crippen MR) is 99.9 cm³/mol. The minimum absolute atomic E-state index is 0.124. The summed E-state index contributed by atoms with van der Waals surface area (Å²) in [6.07, 6.45) is 0.133. The van der Waals surface area contributed by atoms with Crippen molar-refractivity contribution in [3.8, 4) is 11.8 Å². The molecule has 1 saturated carbocycles. The Hall–Kier alpha value is -1.23. The van der Waals surface area contributed by atoms with Crippen molar-refractivity contribution in [2.24, 2.45) is 5.92 Å². The molecule has 0 atom stereocenters. The van der Waals surface area contributed by atoms with Crippen molar-refractivity contribution < 1.29 is 21.6 Å². The van der Waals surface area contributed by atoms with Crippen molar-refractivity contribution in [1.29, 1.82) is 0 Å². The van der Waals surface area contributed by atoms with E-state index in [1.165, 1.54) is 11.4 Å². The van der Waals surface area contributed by atoms with Crippen molar-refractivity contribution >= 4 is 21.6 Å². The van der Waals surface area contributed by atoms with E-state index in [1.54, 1.807) is 0 Å². The summed E-state index contributed by atoms with van der Waals surface area (Å²) in [5.41, 5.74) is -0.864. The number of nitrogens with zero attached hydrogens (tertiary/aromatic N) is 1. The van der Waals surface area contributed by atoms with Crippen LogP contribution in [0.25, 0.3) is 0 Å². The molecule has 0 aliphatic heterocycles. The normalized spacial score (nSPS) is 21.0. The Morgan fingerprint density at radius 2 is 1.74 bits per heavy atom. The highest BCUT2D eigenvalue weighted by atomic mass is 35.5. The van der Waals surface area contributed by atoms with Crippen LogP contribution in [0.1, 0.15) is 44.1 Å². The summed E-state index contributed by atoms with van der Waals surface area (Å²) in [6, 6.07) is 3.46. The summed E-state index contributed by atoms with van der Waals surface area (Å²) in [7, 11) is -2.34. The predicted octanol–water partition coefficient (Wildman–Crippen LogP) is 4.91. The van der Waals surface area contributed by atoms with E-state index in [1.807, 2.05) is 0 Å². The largest absolute Gasteiger partial charge is 0.416 e. The van der Waals surface area contributed by atoms with Crippen molar-refractivity contribution in [3.05, 3.63) is 29.8 Å². The summed E-state index contributed by atoms with van der Waals surface area (Å²) in [4.78, 5) is -0.124. The second-order valence-corrected chi connectivity index (χ2v) is 9.04. The number of halogens is 4. The fourth-order valence-corrected chi connectivity index (χ4v) is 4.68. The Morgan fingerprint density at radius 1 is 1.15 bits per heavy atom. The van der Waals surface area contributed by atoms with Crippen LogP contribution >= 0.6 is 11.6 Å². The number of rotatable bonds is 5. The molecule has 1 aliphatic rings. The maximum Gasteiger partial charge on any atom is 0.416 e. The third kappa shape index (κ3) is 5.87. The van der Waals surface area contributed by atoms with Gasteiger partial charge >= 0.3 is 6.18 Å². The molecular weight excluding hydrogens is 399 g/mol. The van der Waals surface area contributed by atoms with Gasteiger partial charge in [0.1, 0.15) is 0 Å². The van der Waals surface area contributed by atoms with Gasteiger partial charge in [-0.15, -0.1) is 17.5 Å². The molecule has 0 unspecified atom stereocenters. The summed E-state index contributed by atoms with van der Waals surface area (Å²) in [6.45, 7) is 0. The highest BCUT2D eigenvalue weighted by Gasteiger charge is 2.33. The van der Waals surface area contributed by atoms with Crippen LogP contribution in [0.3, 0.4) is 0 Å². The molecular formula is C19H23ClF3NO2S. The van der Waals surface area contributed by atoms with E-state index in [9.17, 15) is 21.6 Å². The maximum atomic E-state index is 12.7. The summed E-state index contributed by atoms with van der Waals surface area (Å²) >= 11 is 5.62. The van der Waals surface area contributed by atoms with Crippen molar-refractivity contribution in [3.63, 3.8) is 0 Å². The quantitative estimate of drug-likeness (QED) is 0.385. The zero-order chi connectivity index (χ0) is 20.1. The average molecular weight is 422 g/mol. The zero-order valence-electron chi connectivity index (χ0n) is 15.1. The number of hydrogen-bond acceptors (Lipinski definition) is 2. The van der Waals surface area contributed by atoms with Crippen molar-refractivity contribution in [2.75, 3.05) is 12.9 Å². The van der Waals surface area contributed by atoms with Gasteiger partial charge in [0.15, 0.2) is 0 Å². The highest BCUT2D eigenvalue weighted by molar-refractivity contribution is 7.89. The lowest BCUT2D eigenvalue weighted by Crippen LogP contribution is -2.39. The molecule has 27 heavy (non-hydrogen) atoms. The van der Waals surface area contributed by atoms with E-state index in [0.29, 0.717) is 18.7 Å². The van der Waals surface area contributed by atoms with Crippen LogP contribution in [0.5, 0.6) is 0 Å². The standard InChI is InChI=1S/C19H23ClF3NO2S/c1-24(17-10-6-15(7-11-17)5-3-2-4-14-20)27(25,26)18-12-8-16(9-13-18)19(21,22)23/h8-9,12-13,15,17H,2,4,6-7,10-11,14H2,1H3/t15-,17-. The van der Waals surface area contributed by atoms with Crippen LogP contribution in [0, 0.1) is 17.8 Å². The molecule has 2 rings (SSSR count). The average Bonchev–Trinajstić information content (AvgIpc) is 2.64. The monoisotopic (exact) mass is 421 g/mol. The molecule has 1 aromatic rings. The number of benzene rings is 1. The molecule has 1 fully saturated rings. The Bertz CT molecular complexity index is 774. The van der Waals surface area contributed by atoms with E-state index in [4.69, 9.17) is 11.6 Å².